The van der Waals surface area contributed by atoms with E-state index in [-0.39, 0.29) is 5.97 Å². The van der Waals surface area contributed by atoms with Gasteiger partial charge in [-0.25, -0.2) is 0 Å². The van der Waals surface area contributed by atoms with E-state index in [4.69, 9.17) is 0 Å². The normalized spacial score (nSPS) is 7.85. The van der Waals surface area contributed by atoms with E-state index in [1.807, 2.05) is 0 Å². The van der Waals surface area contributed by atoms with E-state index in [0.717, 1.165) is 12.6 Å². The molecule has 0 fully saturated rings. The van der Waals surface area contributed by atoms with Crippen LogP contribution in [0, 0.1) is 0 Å². The van der Waals surface area contributed by atoms with E-state index in [0.29, 0.717) is 25.9 Å². The van der Waals surface area contributed by atoms with Crippen LogP contribution in [0.4, 0.5) is 0 Å². The second-order valence-corrected chi connectivity index (χ2v) is 2.19. The molecule has 0 aromatic heterocycles. The number of unbranched alkanes of at least 4 members (excludes halogenated alkanes) is 2. The maximum atomic E-state index is 9.82. The SMILES string of the molecule is CCOC(C)=O.O=CCCCC=O. The Balaban J connectivity index is 0. The third-order valence-electron chi connectivity index (χ3n) is 0.992. The van der Waals surface area contributed by atoms with Gasteiger partial charge in [0.1, 0.15) is 12.6 Å². The van der Waals surface area contributed by atoms with Crippen molar-refractivity contribution in [3.8, 4) is 0 Å². The van der Waals surface area contributed by atoms with Crippen LogP contribution in [0.25, 0.3) is 0 Å². The summed E-state index contributed by atoms with van der Waals surface area (Å²) in [5.74, 6) is -0.211. The summed E-state index contributed by atoms with van der Waals surface area (Å²) in [4.78, 5) is 28.9. The first-order chi connectivity index (χ1) is 6.18. The maximum absolute atomic E-state index is 9.82. The third-order valence-corrected chi connectivity index (χ3v) is 0.992. The van der Waals surface area contributed by atoms with Gasteiger partial charge in [-0.2, -0.15) is 0 Å². The average molecular weight is 188 g/mol. The van der Waals surface area contributed by atoms with Gasteiger partial charge in [0.05, 0.1) is 6.61 Å². The van der Waals surface area contributed by atoms with Crippen molar-refractivity contribution in [3.05, 3.63) is 0 Å². The van der Waals surface area contributed by atoms with Crippen molar-refractivity contribution in [2.24, 2.45) is 0 Å². The molecular formula is C9H16O4. The Morgan fingerprint density at radius 1 is 1.23 bits per heavy atom. The first-order valence-electron chi connectivity index (χ1n) is 4.19. The molecule has 76 valence electrons. The molecule has 0 spiro atoms. The lowest BCUT2D eigenvalue weighted by atomic mass is 10.3. The third kappa shape index (κ3) is 24.9. The van der Waals surface area contributed by atoms with Gasteiger partial charge >= 0.3 is 5.97 Å². The molecule has 0 heterocycles. The number of carbonyl (C=O) groups is 3. The first-order valence-corrected chi connectivity index (χ1v) is 4.19. The van der Waals surface area contributed by atoms with Gasteiger partial charge in [0.25, 0.3) is 0 Å². The Labute approximate surface area is 78.3 Å². The zero-order valence-corrected chi connectivity index (χ0v) is 8.12. The second-order valence-electron chi connectivity index (χ2n) is 2.19. The summed E-state index contributed by atoms with van der Waals surface area (Å²) in [6.07, 6.45) is 3.37. The lowest BCUT2D eigenvalue weighted by Gasteiger charge is -1.89. The molecule has 0 amide bonds. The number of rotatable bonds is 5. The molecule has 4 nitrogen and oxygen atoms in total. The number of hydrogen-bond acceptors (Lipinski definition) is 4. The molecule has 0 unspecified atom stereocenters. The van der Waals surface area contributed by atoms with Crippen LogP contribution in [-0.2, 0) is 19.1 Å². The molecule has 4 heteroatoms. The predicted molar refractivity (Wildman–Crippen MR) is 48.3 cm³/mol. The van der Waals surface area contributed by atoms with E-state index in [9.17, 15) is 14.4 Å². The van der Waals surface area contributed by atoms with Crippen molar-refractivity contribution in [2.45, 2.75) is 33.1 Å². The smallest absolute Gasteiger partial charge is 0.302 e. The standard InChI is InChI=1S/C5H8O2.C4H8O2/c6-4-2-1-3-5-7;1-3-6-4(2)5/h4-5H,1-3H2;3H2,1-2H3. The van der Waals surface area contributed by atoms with E-state index < -0.39 is 0 Å². The fourth-order valence-corrected chi connectivity index (χ4v) is 0.488. The van der Waals surface area contributed by atoms with E-state index in [1.165, 1.54) is 6.92 Å². The number of aldehydes is 2. The van der Waals surface area contributed by atoms with Crippen LogP contribution in [0.2, 0.25) is 0 Å². The van der Waals surface area contributed by atoms with Crippen molar-refractivity contribution in [1.29, 1.82) is 0 Å². The van der Waals surface area contributed by atoms with Crippen LogP contribution < -0.4 is 0 Å². The molecule has 0 saturated carbocycles. The van der Waals surface area contributed by atoms with Gasteiger partial charge in [-0.05, 0) is 13.3 Å². The fourth-order valence-electron chi connectivity index (χ4n) is 0.488. The molecule has 0 rings (SSSR count). The molecule has 0 aromatic rings. The van der Waals surface area contributed by atoms with Gasteiger partial charge in [0, 0.05) is 19.8 Å². The molecule has 0 N–H and O–H groups in total. The molecule has 0 aromatic carbocycles. The summed E-state index contributed by atoms with van der Waals surface area (Å²) >= 11 is 0. The van der Waals surface area contributed by atoms with Gasteiger partial charge in [0.15, 0.2) is 0 Å². The van der Waals surface area contributed by atoms with Crippen molar-refractivity contribution in [2.75, 3.05) is 6.61 Å². The highest BCUT2D eigenvalue weighted by atomic mass is 16.5. The van der Waals surface area contributed by atoms with Crippen LogP contribution in [0.5, 0.6) is 0 Å². The van der Waals surface area contributed by atoms with Crippen LogP contribution in [0.1, 0.15) is 33.1 Å². The minimum atomic E-state index is -0.211. The maximum Gasteiger partial charge on any atom is 0.302 e. The van der Waals surface area contributed by atoms with Crippen LogP contribution in [0.15, 0.2) is 0 Å². The van der Waals surface area contributed by atoms with Gasteiger partial charge in [-0.1, -0.05) is 0 Å². The van der Waals surface area contributed by atoms with Gasteiger partial charge in [-0.15, -0.1) is 0 Å². The quantitative estimate of drug-likeness (QED) is 0.368. The first kappa shape index (κ1) is 14.3. The zero-order valence-electron chi connectivity index (χ0n) is 8.12. The molecule has 0 saturated heterocycles. The minimum absolute atomic E-state index is 0.211. The topological polar surface area (TPSA) is 60.4 Å². The summed E-state index contributed by atoms with van der Waals surface area (Å²) in [7, 11) is 0. The average Bonchev–Trinajstić information content (AvgIpc) is 2.06. The highest BCUT2D eigenvalue weighted by Crippen LogP contribution is 1.85. The summed E-state index contributed by atoms with van der Waals surface area (Å²) in [5, 5.41) is 0. The minimum Gasteiger partial charge on any atom is -0.466 e. The highest BCUT2D eigenvalue weighted by Gasteiger charge is 1.81. The molecule has 0 aliphatic heterocycles. The zero-order chi connectivity index (χ0) is 10.5. The van der Waals surface area contributed by atoms with E-state index in [2.05, 4.69) is 4.74 Å². The van der Waals surface area contributed by atoms with Gasteiger partial charge < -0.3 is 14.3 Å². The predicted octanol–water partition coefficient (Wildman–Crippen LogP) is 1.12. The Morgan fingerprint density at radius 2 is 1.69 bits per heavy atom. The van der Waals surface area contributed by atoms with Gasteiger partial charge in [-0.3, -0.25) is 4.79 Å². The Kier molecular flexibility index (Phi) is 14.8. The number of esters is 1. The molecule has 0 aliphatic carbocycles. The van der Waals surface area contributed by atoms with Crippen LogP contribution in [0.3, 0.4) is 0 Å². The van der Waals surface area contributed by atoms with E-state index >= 15 is 0 Å². The number of carbonyl (C=O) groups excluding carboxylic acids is 3. The largest absolute Gasteiger partial charge is 0.466 e. The summed E-state index contributed by atoms with van der Waals surface area (Å²) in [6.45, 7) is 3.65. The number of hydrogen-bond donors (Lipinski definition) is 0. The second kappa shape index (κ2) is 13.4. The lowest BCUT2D eigenvalue weighted by Crippen LogP contribution is -1.95. The molecule has 0 bridgehead atoms. The molecule has 0 radical (unpaired) electrons. The monoisotopic (exact) mass is 188 g/mol. The highest BCUT2D eigenvalue weighted by molar-refractivity contribution is 5.65. The molecule has 13 heavy (non-hydrogen) atoms. The summed E-state index contributed by atoms with van der Waals surface area (Å²) < 4.78 is 4.40. The molecular weight excluding hydrogens is 172 g/mol. The van der Waals surface area contributed by atoms with Crippen molar-refractivity contribution >= 4 is 18.5 Å². The van der Waals surface area contributed by atoms with E-state index in [1.54, 1.807) is 6.92 Å². The van der Waals surface area contributed by atoms with Crippen molar-refractivity contribution in [1.82, 2.24) is 0 Å². The van der Waals surface area contributed by atoms with Gasteiger partial charge in [0.2, 0.25) is 0 Å². The van der Waals surface area contributed by atoms with Crippen LogP contribution in [-0.4, -0.2) is 25.1 Å². The summed E-state index contributed by atoms with van der Waals surface area (Å²) in [6, 6.07) is 0. The number of ether oxygens (including phenoxy) is 1. The molecule has 0 aliphatic rings. The Morgan fingerprint density at radius 3 is 1.85 bits per heavy atom. The van der Waals surface area contributed by atoms with Crippen LogP contribution >= 0.6 is 0 Å². The Hall–Kier alpha value is -1.19. The van der Waals surface area contributed by atoms with Crippen molar-refractivity contribution in [3.63, 3.8) is 0 Å². The Bertz CT molecular complexity index is 135. The fraction of sp³-hybridized carbons (Fsp3) is 0.667. The molecule has 0 atom stereocenters. The lowest BCUT2D eigenvalue weighted by molar-refractivity contribution is -0.140. The van der Waals surface area contributed by atoms with Crippen molar-refractivity contribution < 1.29 is 19.1 Å². The summed E-state index contributed by atoms with van der Waals surface area (Å²) in [5.41, 5.74) is 0.